The molecule has 0 aromatic carbocycles. The zero-order chi connectivity index (χ0) is 16.8. The Morgan fingerprint density at radius 1 is 1.45 bits per heavy atom. The molecule has 126 valence electrons. The van der Waals surface area contributed by atoms with Gasteiger partial charge >= 0.3 is 6.09 Å². The zero-order valence-corrected chi connectivity index (χ0v) is 15.4. The molecule has 1 rings (SSSR count). The molecule has 22 heavy (non-hydrogen) atoms. The summed E-state index contributed by atoms with van der Waals surface area (Å²) in [5.41, 5.74) is 0.509. The average molecular weight is 327 g/mol. The highest BCUT2D eigenvalue weighted by atomic mass is 32.2. The highest BCUT2D eigenvalue weighted by Gasteiger charge is 2.21. The van der Waals surface area contributed by atoms with Crippen LogP contribution in [-0.4, -0.2) is 32.8 Å². The number of aromatic nitrogens is 2. The van der Waals surface area contributed by atoms with Crippen LogP contribution in [0.2, 0.25) is 0 Å². The largest absolute Gasteiger partial charge is 0.444 e. The van der Waals surface area contributed by atoms with Crippen molar-refractivity contribution in [2.24, 2.45) is 0 Å². The first-order valence-electron chi connectivity index (χ1n) is 7.83. The molecule has 0 aliphatic carbocycles. The van der Waals surface area contributed by atoms with Crippen LogP contribution in [-0.2, 0) is 4.74 Å². The summed E-state index contributed by atoms with van der Waals surface area (Å²) in [5, 5.41) is 2.87. The molecule has 0 aliphatic rings. The molecule has 1 aromatic heterocycles. The zero-order valence-electron chi connectivity index (χ0n) is 14.5. The van der Waals surface area contributed by atoms with Gasteiger partial charge < -0.3 is 14.6 Å². The predicted molar refractivity (Wildman–Crippen MR) is 92.3 cm³/mol. The van der Waals surface area contributed by atoms with E-state index >= 15 is 0 Å². The molecule has 0 bridgehead atoms. The number of imidazole rings is 1. The first-order chi connectivity index (χ1) is 10.2. The number of alkyl carbamates (subject to hydrolysis) is 1. The van der Waals surface area contributed by atoms with E-state index in [0.29, 0.717) is 6.04 Å². The second kappa shape index (κ2) is 8.46. The van der Waals surface area contributed by atoms with Crippen molar-refractivity contribution in [2.75, 3.05) is 11.5 Å². The average Bonchev–Trinajstić information content (AvgIpc) is 2.85. The van der Waals surface area contributed by atoms with Crippen LogP contribution in [0.1, 0.15) is 65.7 Å². The minimum atomic E-state index is -0.491. The Hall–Kier alpha value is -1.17. The second-order valence-corrected chi connectivity index (χ2v) is 7.82. The quantitative estimate of drug-likeness (QED) is 0.764. The third-order valence-corrected chi connectivity index (χ3v) is 4.16. The van der Waals surface area contributed by atoms with E-state index in [4.69, 9.17) is 4.74 Å². The molecule has 0 radical (unpaired) electrons. The third kappa shape index (κ3) is 6.30. The van der Waals surface area contributed by atoms with Crippen molar-refractivity contribution < 1.29 is 9.53 Å². The van der Waals surface area contributed by atoms with Gasteiger partial charge in [-0.3, -0.25) is 0 Å². The lowest BCUT2D eigenvalue weighted by Gasteiger charge is -2.24. The number of amides is 1. The van der Waals surface area contributed by atoms with Crippen LogP contribution in [0.5, 0.6) is 0 Å². The van der Waals surface area contributed by atoms with E-state index in [9.17, 15) is 4.79 Å². The fraction of sp³-hybridized carbons (Fsp3) is 0.750. The van der Waals surface area contributed by atoms with Gasteiger partial charge in [0.1, 0.15) is 5.60 Å². The van der Waals surface area contributed by atoms with Crippen LogP contribution in [0.3, 0.4) is 0 Å². The van der Waals surface area contributed by atoms with Crippen LogP contribution in [0.4, 0.5) is 4.79 Å². The minimum absolute atomic E-state index is 0.140. The van der Waals surface area contributed by atoms with E-state index in [-0.39, 0.29) is 6.04 Å². The minimum Gasteiger partial charge on any atom is -0.444 e. The maximum Gasteiger partial charge on any atom is 0.408 e. The van der Waals surface area contributed by atoms with Crippen molar-refractivity contribution >= 4 is 17.9 Å². The molecule has 1 aromatic rings. The molecular weight excluding hydrogens is 298 g/mol. The number of hydrogen-bond acceptors (Lipinski definition) is 4. The van der Waals surface area contributed by atoms with Gasteiger partial charge in [0.05, 0.1) is 24.3 Å². The van der Waals surface area contributed by atoms with E-state index in [2.05, 4.69) is 28.7 Å². The molecule has 1 unspecified atom stereocenters. The Bertz CT molecular complexity index is 468. The van der Waals surface area contributed by atoms with E-state index in [1.54, 1.807) is 0 Å². The van der Waals surface area contributed by atoms with Crippen LogP contribution >= 0.6 is 11.8 Å². The summed E-state index contributed by atoms with van der Waals surface area (Å²) >= 11 is 1.94. The second-order valence-electron chi connectivity index (χ2n) is 6.43. The van der Waals surface area contributed by atoms with Crippen LogP contribution in [0.25, 0.3) is 0 Å². The lowest BCUT2D eigenvalue weighted by atomic mass is 10.2. The van der Waals surface area contributed by atoms with E-state index in [1.807, 2.05) is 52.0 Å². The molecule has 1 heterocycles. The van der Waals surface area contributed by atoms with Gasteiger partial charge in [0.25, 0.3) is 0 Å². The molecule has 1 N–H and O–H groups in total. The molecule has 0 spiro atoms. The van der Waals surface area contributed by atoms with Crippen molar-refractivity contribution in [1.29, 1.82) is 0 Å². The Morgan fingerprint density at radius 2 is 2.14 bits per heavy atom. The van der Waals surface area contributed by atoms with E-state index in [1.165, 1.54) is 0 Å². The Balaban J connectivity index is 2.65. The van der Waals surface area contributed by atoms with Gasteiger partial charge in [-0.25, -0.2) is 9.78 Å². The lowest BCUT2D eigenvalue weighted by Crippen LogP contribution is -2.34. The summed E-state index contributed by atoms with van der Waals surface area (Å²) in [5.74, 6) is 2.27. The third-order valence-electron chi connectivity index (χ3n) is 3.23. The molecule has 0 saturated heterocycles. The molecule has 0 fully saturated rings. The smallest absolute Gasteiger partial charge is 0.408 e. The monoisotopic (exact) mass is 327 g/mol. The van der Waals surface area contributed by atoms with Crippen molar-refractivity contribution in [3.63, 3.8) is 0 Å². The Labute approximate surface area is 138 Å². The number of nitrogens with one attached hydrogen (secondary N) is 1. The fourth-order valence-corrected chi connectivity index (χ4v) is 2.91. The molecule has 2 atom stereocenters. The number of hydrogen-bond donors (Lipinski definition) is 1. The molecule has 0 aliphatic heterocycles. The summed E-state index contributed by atoms with van der Waals surface area (Å²) in [6, 6.07) is 0.220. The number of carbonyl (C=O) groups excluding carboxylic acids is 1. The van der Waals surface area contributed by atoms with Gasteiger partial charge in [-0.1, -0.05) is 6.92 Å². The summed E-state index contributed by atoms with van der Waals surface area (Å²) in [6.45, 7) is 11.9. The number of ether oxygens (including phenoxy) is 1. The van der Waals surface area contributed by atoms with Crippen LogP contribution < -0.4 is 5.32 Å². The number of carbonyl (C=O) groups is 1. The molecule has 0 saturated carbocycles. The van der Waals surface area contributed by atoms with Crippen molar-refractivity contribution in [2.45, 2.75) is 65.6 Å². The molecule has 1 amide bonds. The lowest BCUT2D eigenvalue weighted by molar-refractivity contribution is 0.0506. The van der Waals surface area contributed by atoms with Crippen LogP contribution in [0.15, 0.2) is 12.5 Å². The maximum absolute atomic E-state index is 11.9. The number of nitrogens with zero attached hydrogens (tertiary/aromatic N) is 2. The van der Waals surface area contributed by atoms with Gasteiger partial charge in [0, 0.05) is 6.04 Å². The SMILES string of the molecule is CCSCCC(C)n1cncc1[C@H](C)NC(=O)OC(C)(C)C. The molecule has 5 nitrogen and oxygen atoms in total. The number of rotatable bonds is 7. The van der Waals surface area contributed by atoms with E-state index in [0.717, 1.165) is 23.6 Å². The summed E-state index contributed by atoms with van der Waals surface area (Å²) in [4.78, 5) is 16.1. The Morgan fingerprint density at radius 3 is 2.73 bits per heavy atom. The maximum atomic E-state index is 11.9. The number of thioether (sulfide) groups is 1. The van der Waals surface area contributed by atoms with Crippen LogP contribution in [0, 0.1) is 0 Å². The topological polar surface area (TPSA) is 56.2 Å². The van der Waals surface area contributed by atoms with Gasteiger partial charge in [-0.15, -0.1) is 0 Å². The van der Waals surface area contributed by atoms with Crippen molar-refractivity contribution in [3.8, 4) is 0 Å². The normalized spacial score (nSPS) is 14.5. The predicted octanol–water partition coefficient (Wildman–Crippen LogP) is 4.17. The highest BCUT2D eigenvalue weighted by Crippen LogP contribution is 2.21. The van der Waals surface area contributed by atoms with Gasteiger partial charge in [0.2, 0.25) is 0 Å². The first-order valence-corrected chi connectivity index (χ1v) is 8.99. The van der Waals surface area contributed by atoms with Crippen molar-refractivity contribution in [1.82, 2.24) is 14.9 Å². The van der Waals surface area contributed by atoms with E-state index < -0.39 is 11.7 Å². The fourth-order valence-electron chi connectivity index (χ4n) is 2.11. The van der Waals surface area contributed by atoms with Gasteiger partial charge in [-0.2, -0.15) is 11.8 Å². The first kappa shape index (κ1) is 18.9. The van der Waals surface area contributed by atoms with Gasteiger partial charge in [0.15, 0.2) is 0 Å². The summed E-state index contributed by atoms with van der Waals surface area (Å²) in [6.07, 6.45) is 4.33. The summed E-state index contributed by atoms with van der Waals surface area (Å²) < 4.78 is 7.44. The molecule has 6 heteroatoms. The van der Waals surface area contributed by atoms with Gasteiger partial charge in [-0.05, 0) is 52.5 Å². The highest BCUT2D eigenvalue weighted by molar-refractivity contribution is 7.99. The Kier molecular flexibility index (Phi) is 7.26. The standard InChI is InChI=1S/C16H29N3O2S/c1-7-22-9-8-12(2)19-11-17-10-14(19)13(3)18-15(20)21-16(4,5)6/h10-13H,7-9H2,1-6H3,(H,18,20)/t12?,13-/m0/s1. The van der Waals surface area contributed by atoms with Crippen molar-refractivity contribution in [3.05, 3.63) is 18.2 Å². The molecular formula is C16H29N3O2S. The summed E-state index contributed by atoms with van der Waals surface area (Å²) in [7, 11) is 0.